The van der Waals surface area contributed by atoms with E-state index in [1.54, 1.807) is 12.1 Å². The first-order valence-corrected chi connectivity index (χ1v) is 11.9. The second-order valence-electron chi connectivity index (χ2n) is 9.04. The van der Waals surface area contributed by atoms with Crippen molar-refractivity contribution >= 4 is 21.9 Å². The molecule has 36 heavy (non-hydrogen) atoms. The van der Waals surface area contributed by atoms with E-state index in [1.165, 1.54) is 17.7 Å². The van der Waals surface area contributed by atoms with Crippen molar-refractivity contribution in [2.24, 2.45) is 0 Å². The first kappa shape index (κ1) is 22.1. The summed E-state index contributed by atoms with van der Waals surface area (Å²) < 4.78 is 13.5. The summed E-state index contributed by atoms with van der Waals surface area (Å²) >= 11 is 0. The standard InChI is InChI=1S/C29H25FN6/c1-3-36(2)17-18-13-21(16-31-15-18)20-9-12-25-24(14-20)28(35-34-25)29-32-26-6-4-5-23(27(26)33-29)19-7-10-22(30)11-8-19/h4-16H,3,17H2,1-2H3,(H,32,33)(H,34,35). The molecule has 178 valence electrons. The van der Waals surface area contributed by atoms with Crippen LogP contribution in [0.3, 0.4) is 0 Å². The molecule has 0 saturated heterocycles. The molecule has 0 saturated carbocycles. The quantitative estimate of drug-likeness (QED) is 0.291. The van der Waals surface area contributed by atoms with Gasteiger partial charge in [0, 0.05) is 35.5 Å². The fourth-order valence-electron chi connectivity index (χ4n) is 4.54. The van der Waals surface area contributed by atoms with Crippen LogP contribution in [-0.4, -0.2) is 43.6 Å². The third-order valence-corrected chi connectivity index (χ3v) is 6.58. The second-order valence-corrected chi connectivity index (χ2v) is 9.04. The highest BCUT2D eigenvalue weighted by Crippen LogP contribution is 2.33. The summed E-state index contributed by atoms with van der Waals surface area (Å²) in [5.74, 6) is 0.421. The van der Waals surface area contributed by atoms with Crippen molar-refractivity contribution in [1.82, 2.24) is 30.0 Å². The van der Waals surface area contributed by atoms with Gasteiger partial charge in [0.1, 0.15) is 11.5 Å². The molecule has 3 aromatic carbocycles. The molecule has 7 heteroatoms. The molecule has 0 fully saturated rings. The topological polar surface area (TPSA) is 73.5 Å². The molecular formula is C29H25FN6. The van der Waals surface area contributed by atoms with Gasteiger partial charge >= 0.3 is 0 Å². The minimum absolute atomic E-state index is 0.259. The summed E-state index contributed by atoms with van der Waals surface area (Å²) in [6.07, 6.45) is 3.82. The van der Waals surface area contributed by atoms with Gasteiger partial charge in [0.05, 0.1) is 16.6 Å². The minimum Gasteiger partial charge on any atom is -0.337 e. The van der Waals surface area contributed by atoms with Crippen LogP contribution in [-0.2, 0) is 6.54 Å². The normalized spacial score (nSPS) is 11.7. The highest BCUT2D eigenvalue weighted by Gasteiger charge is 2.16. The SMILES string of the molecule is CCN(C)Cc1cncc(-c2ccc3[nH]nc(-c4nc5c(-c6ccc(F)cc6)cccc5[nH]4)c3c2)c1. The van der Waals surface area contributed by atoms with Crippen LogP contribution in [0.2, 0.25) is 0 Å². The predicted octanol–water partition coefficient (Wildman–Crippen LogP) is 6.43. The van der Waals surface area contributed by atoms with E-state index in [9.17, 15) is 4.39 Å². The fraction of sp³-hybridized carbons (Fsp3) is 0.138. The van der Waals surface area contributed by atoms with Gasteiger partial charge in [-0.05, 0) is 66.7 Å². The molecule has 0 aliphatic rings. The van der Waals surface area contributed by atoms with Crippen LogP contribution in [0.1, 0.15) is 12.5 Å². The zero-order valence-electron chi connectivity index (χ0n) is 20.1. The molecule has 0 amide bonds. The summed E-state index contributed by atoms with van der Waals surface area (Å²) in [7, 11) is 2.10. The highest BCUT2D eigenvalue weighted by molar-refractivity contribution is 5.98. The Morgan fingerprint density at radius 3 is 2.56 bits per heavy atom. The van der Waals surface area contributed by atoms with Crippen LogP contribution in [0.15, 0.2) is 79.1 Å². The van der Waals surface area contributed by atoms with Gasteiger partial charge in [-0.15, -0.1) is 0 Å². The average molecular weight is 477 g/mol. The number of fused-ring (bicyclic) bond motifs is 2. The number of hydrogen-bond donors (Lipinski definition) is 2. The molecule has 3 heterocycles. The molecule has 0 radical (unpaired) electrons. The Labute approximate surface area is 207 Å². The molecule has 3 aromatic heterocycles. The number of aromatic amines is 2. The van der Waals surface area contributed by atoms with Gasteiger partial charge in [0.25, 0.3) is 0 Å². The molecular weight excluding hydrogens is 451 g/mol. The van der Waals surface area contributed by atoms with Gasteiger partial charge in [0.15, 0.2) is 5.82 Å². The lowest BCUT2D eigenvalue weighted by Gasteiger charge is -2.14. The zero-order valence-corrected chi connectivity index (χ0v) is 20.1. The lowest BCUT2D eigenvalue weighted by Crippen LogP contribution is -2.16. The van der Waals surface area contributed by atoms with Crippen molar-refractivity contribution in [2.75, 3.05) is 13.6 Å². The van der Waals surface area contributed by atoms with E-state index in [-0.39, 0.29) is 5.82 Å². The Morgan fingerprint density at radius 2 is 1.72 bits per heavy atom. The number of pyridine rings is 1. The minimum atomic E-state index is -0.259. The Balaban J connectivity index is 1.42. The summed E-state index contributed by atoms with van der Waals surface area (Å²) in [5, 5.41) is 8.70. The van der Waals surface area contributed by atoms with Gasteiger partial charge in [-0.1, -0.05) is 37.3 Å². The van der Waals surface area contributed by atoms with Crippen molar-refractivity contribution in [1.29, 1.82) is 0 Å². The second kappa shape index (κ2) is 9.02. The molecule has 6 rings (SSSR count). The van der Waals surface area contributed by atoms with Crippen molar-refractivity contribution < 1.29 is 4.39 Å². The van der Waals surface area contributed by atoms with Gasteiger partial charge in [0.2, 0.25) is 0 Å². The van der Waals surface area contributed by atoms with Gasteiger partial charge < -0.3 is 9.88 Å². The van der Waals surface area contributed by atoms with E-state index in [0.717, 1.165) is 63.0 Å². The Bertz CT molecular complexity index is 1680. The molecule has 6 nitrogen and oxygen atoms in total. The monoisotopic (exact) mass is 476 g/mol. The van der Waals surface area contributed by atoms with Crippen molar-refractivity contribution in [3.63, 3.8) is 0 Å². The van der Waals surface area contributed by atoms with Crippen molar-refractivity contribution in [3.05, 3.63) is 90.5 Å². The van der Waals surface area contributed by atoms with E-state index in [0.29, 0.717) is 5.82 Å². The maximum atomic E-state index is 13.5. The average Bonchev–Trinajstić information content (AvgIpc) is 3.53. The molecule has 0 spiro atoms. The van der Waals surface area contributed by atoms with Gasteiger partial charge in [-0.3, -0.25) is 10.1 Å². The largest absolute Gasteiger partial charge is 0.337 e. The van der Waals surface area contributed by atoms with Gasteiger partial charge in [-0.25, -0.2) is 9.37 Å². The zero-order chi connectivity index (χ0) is 24.6. The lowest BCUT2D eigenvalue weighted by atomic mass is 10.0. The number of nitrogens with zero attached hydrogens (tertiary/aromatic N) is 4. The summed E-state index contributed by atoms with van der Waals surface area (Å²) in [5.41, 5.74) is 8.57. The summed E-state index contributed by atoms with van der Waals surface area (Å²) in [4.78, 5) is 15.1. The van der Waals surface area contributed by atoms with Crippen LogP contribution in [0.5, 0.6) is 0 Å². The van der Waals surface area contributed by atoms with E-state index >= 15 is 0 Å². The first-order valence-electron chi connectivity index (χ1n) is 11.9. The molecule has 0 aliphatic carbocycles. The number of halogens is 1. The number of hydrogen-bond acceptors (Lipinski definition) is 4. The van der Waals surface area contributed by atoms with E-state index in [1.807, 2.05) is 36.7 Å². The fourth-order valence-corrected chi connectivity index (χ4v) is 4.54. The number of H-pyrrole nitrogens is 2. The Hall–Kier alpha value is -4.36. The van der Waals surface area contributed by atoms with Crippen LogP contribution >= 0.6 is 0 Å². The van der Waals surface area contributed by atoms with E-state index in [4.69, 9.17) is 4.98 Å². The maximum absolute atomic E-state index is 13.5. The highest BCUT2D eigenvalue weighted by atomic mass is 19.1. The summed E-state index contributed by atoms with van der Waals surface area (Å²) in [6, 6.07) is 20.9. The van der Waals surface area contributed by atoms with E-state index in [2.05, 4.69) is 57.2 Å². The molecule has 0 atom stereocenters. The number of nitrogens with one attached hydrogen (secondary N) is 2. The molecule has 2 N–H and O–H groups in total. The molecule has 0 unspecified atom stereocenters. The van der Waals surface area contributed by atoms with Gasteiger partial charge in [-0.2, -0.15) is 5.10 Å². The van der Waals surface area contributed by atoms with Crippen LogP contribution in [0, 0.1) is 5.82 Å². The number of aromatic nitrogens is 5. The van der Waals surface area contributed by atoms with Crippen LogP contribution in [0.25, 0.3) is 55.7 Å². The third-order valence-electron chi connectivity index (χ3n) is 6.58. The maximum Gasteiger partial charge on any atom is 0.159 e. The van der Waals surface area contributed by atoms with Crippen LogP contribution in [0.4, 0.5) is 4.39 Å². The number of imidazole rings is 1. The third kappa shape index (κ3) is 4.03. The van der Waals surface area contributed by atoms with Crippen LogP contribution < -0.4 is 0 Å². The van der Waals surface area contributed by atoms with E-state index < -0.39 is 0 Å². The predicted molar refractivity (Wildman–Crippen MR) is 142 cm³/mol. The Kier molecular flexibility index (Phi) is 5.54. The lowest BCUT2D eigenvalue weighted by molar-refractivity contribution is 0.345. The molecule has 0 aliphatic heterocycles. The summed E-state index contributed by atoms with van der Waals surface area (Å²) in [6.45, 7) is 3.98. The number of para-hydroxylation sites is 1. The number of rotatable bonds is 6. The molecule has 6 aromatic rings. The smallest absolute Gasteiger partial charge is 0.159 e. The first-order chi connectivity index (χ1) is 17.6. The van der Waals surface area contributed by atoms with Crippen molar-refractivity contribution in [2.45, 2.75) is 13.5 Å². The molecule has 0 bridgehead atoms. The number of benzene rings is 3. The van der Waals surface area contributed by atoms with Crippen molar-refractivity contribution in [3.8, 4) is 33.8 Å². The Morgan fingerprint density at radius 1 is 0.889 bits per heavy atom.